The van der Waals surface area contributed by atoms with Crippen molar-refractivity contribution in [3.63, 3.8) is 0 Å². The molecule has 0 amide bonds. The van der Waals surface area contributed by atoms with Gasteiger partial charge in [0.2, 0.25) is 0 Å². The van der Waals surface area contributed by atoms with E-state index < -0.39 is 10.9 Å². The number of nitro benzene ring substituents is 1. The summed E-state index contributed by atoms with van der Waals surface area (Å²) in [5.41, 5.74) is 2.66. The molecule has 0 aliphatic carbocycles. The van der Waals surface area contributed by atoms with Crippen LogP contribution in [-0.4, -0.2) is 22.5 Å². The van der Waals surface area contributed by atoms with E-state index in [0.717, 1.165) is 10.9 Å². The maximum atomic E-state index is 12.1. The van der Waals surface area contributed by atoms with Gasteiger partial charge in [0.15, 0.2) is 0 Å². The molecule has 0 radical (unpaired) electrons. The van der Waals surface area contributed by atoms with E-state index >= 15 is 0 Å². The van der Waals surface area contributed by atoms with Crippen molar-refractivity contribution >= 4 is 39.8 Å². The van der Waals surface area contributed by atoms with Gasteiger partial charge in [-0.15, -0.1) is 0 Å². The van der Waals surface area contributed by atoms with Crippen LogP contribution in [0.2, 0.25) is 5.15 Å². The molecule has 3 aromatic rings. The van der Waals surface area contributed by atoms with E-state index in [2.05, 4.69) is 10.3 Å². The lowest BCUT2D eigenvalue weighted by Gasteiger charge is -2.18. The Hall–Kier alpha value is -3.19. The summed E-state index contributed by atoms with van der Waals surface area (Å²) < 4.78 is 5.06. The van der Waals surface area contributed by atoms with Crippen molar-refractivity contribution in [2.75, 3.05) is 11.9 Å². The zero-order valence-corrected chi connectivity index (χ0v) is 16.1. The van der Waals surface area contributed by atoms with Gasteiger partial charge in [0.05, 0.1) is 22.6 Å². The summed E-state index contributed by atoms with van der Waals surface area (Å²) in [6.45, 7) is 3.97. The van der Waals surface area contributed by atoms with Crippen molar-refractivity contribution in [1.82, 2.24) is 4.98 Å². The minimum atomic E-state index is -0.436. The number of halogens is 1. The first-order chi connectivity index (χ1) is 13.4. The first kappa shape index (κ1) is 19.6. The Morgan fingerprint density at radius 3 is 2.61 bits per heavy atom. The molecule has 8 heteroatoms. The SMILES string of the molecule is CCOC(=O)c1ccc2nc(Cl)cc(NC(C)c3ccc([N+](=O)[O-])cc3)c2c1. The first-order valence-electron chi connectivity index (χ1n) is 8.67. The van der Waals surface area contributed by atoms with Gasteiger partial charge in [0.25, 0.3) is 5.69 Å². The number of anilines is 1. The number of pyridine rings is 1. The lowest BCUT2D eigenvalue weighted by molar-refractivity contribution is -0.384. The van der Waals surface area contributed by atoms with Crippen LogP contribution in [-0.2, 0) is 4.74 Å². The van der Waals surface area contributed by atoms with Crippen molar-refractivity contribution in [3.8, 4) is 0 Å². The van der Waals surface area contributed by atoms with Crippen LogP contribution in [0.4, 0.5) is 11.4 Å². The van der Waals surface area contributed by atoms with Gasteiger partial charge in [-0.25, -0.2) is 9.78 Å². The van der Waals surface area contributed by atoms with E-state index in [4.69, 9.17) is 16.3 Å². The predicted molar refractivity (Wildman–Crippen MR) is 108 cm³/mol. The highest BCUT2D eigenvalue weighted by atomic mass is 35.5. The molecule has 0 saturated heterocycles. The number of esters is 1. The van der Waals surface area contributed by atoms with Gasteiger partial charge < -0.3 is 10.1 Å². The fourth-order valence-electron chi connectivity index (χ4n) is 2.86. The summed E-state index contributed by atoms with van der Waals surface area (Å²) in [5, 5.41) is 15.2. The summed E-state index contributed by atoms with van der Waals surface area (Å²) in [6, 6.07) is 12.9. The second-order valence-corrected chi connectivity index (χ2v) is 6.55. The normalized spacial score (nSPS) is 11.8. The van der Waals surface area contributed by atoms with Crippen LogP contribution in [0.25, 0.3) is 10.9 Å². The highest BCUT2D eigenvalue weighted by Gasteiger charge is 2.14. The van der Waals surface area contributed by atoms with Crippen LogP contribution in [0, 0.1) is 10.1 Å². The van der Waals surface area contributed by atoms with Gasteiger partial charge in [0.1, 0.15) is 5.15 Å². The maximum Gasteiger partial charge on any atom is 0.338 e. The molecule has 3 rings (SSSR count). The van der Waals surface area contributed by atoms with Crippen LogP contribution in [0.15, 0.2) is 48.5 Å². The third-order valence-electron chi connectivity index (χ3n) is 4.26. The molecule has 0 aliphatic rings. The fraction of sp³-hybridized carbons (Fsp3) is 0.200. The van der Waals surface area contributed by atoms with Crippen LogP contribution < -0.4 is 5.32 Å². The standard InChI is InChI=1S/C20H18ClN3O4/c1-3-28-20(25)14-6-9-17-16(10-14)18(11-19(21)23-17)22-12(2)13-4-7-15(8-5-13)24(26)27/h4-12H,3H2,1-2H3,(H,22,23). The Bertz CT molecular complexity index is 1040. The van der Waals surface area contributed by atoms with Crippen LogP contribution in [0.3, 0.4) is 0 Å². The number of nitrogens with one attached hydrogen (secondary N) is 1. The van der Waals surface area contributed by atoms with Crippen molar-refractivity contribution < 1.29 is 14.5 Å². The number of benzene rings is 2. The smallest absolute Gasteiger partial charge is 0.338 e. The third kappa shape index (κ3) is 4.20. The van der Waals surface area contributed by atoms with Gasteiger partial charge >= 0.3 is 5.97 Å². The minimum absolute atomic E-state index is 0.0347. The molecule has 0 saturated carbocycles. The number of rotatable bonds is 6. The molecule has 28 heavy (non-hydrogen) atoms. The molecule has 1 unspecified atom stereocenters. The summed E-state index contributed by atoms with van der Waals surface area (Å²) in [7, 11) is 0. The fourth-order valence-corrected chi connectivity index (χ4v) is 3.06. The second kappa shape index (κ2) is 8.22. The number of non-ortho nitro benzene ring substituents is 1. The molecular weight excluding hydrogens is 382 g/mol. The van der Waals surface area contributed by atoms with E-state index in [0.29, 0.717) is 21.9 Å². The molecule has 7 nitrogen and oxygen atoms in total. The largest absolute Gasteiger partial charge is 0.462 e. The number of nitrogens with zero attached hydrogens (tertiary/aromatic N) is 2. The van der Waals surface area contributed by atoms with Crippen molar-refractivity contribution in [3.05, 3.63) is 74.9 Å². The molecule has 2 aromatic carbocycles. The molecule has 1 aromatic heterocycles. The zero-order valence-electron chi connectivity index (χ0n) is 15.3. The molecular formula is C20H18ClN3O4. The highest BCUT2D eigenvalue weighted by Crippen LogP contribution is 2.30. The monoisotopic (exact) mass is 399 g/mol. The highest BCUT2D eigenvalue weighted by molar-refractivity contribution is 6.30. The Morgan fingerprint density at radius 2 is 1.96 bits per heavy atom. The average molecular weight is 400 g/mol. The Kier molecular flexibility index (Phi) is 5.75. The number of ether oxygens (including phenoxy) is 1. The van der Waals surface area contributed by atoms with E-state index in [-0.39, 0.29) is 18.3 Å². The molecule has 1 atom stereocenters. The third-order valence-corrected chi connectivity index (χ3v) is 4.46. The minimum Gasteiger partial charge on any atom is -0.462 e. The van der Waals surface area contributed by atoms with Crippen molar-refractivity contribution in [1.29, 1.82) is 0 Å². The molecule has 144 valence electrons. The van der Waals surface area contributed by atoms with Crippen LogP contribution >= 0.6 is 11.6 Å². The topological polar surface area (TPSA) is 94.4 Å². The number of nitro groups is 1. The molecule has 1 heterocycles. The van der Waals surface area contributed by atoms with Crippen molar-refractivity contribution in [2.24, 2.45) is 0 Å². The van der Waals surface area contributed by atoms with Gasteiger partial charge in [0, 0.05) is 29.2 Å². The van der Waals surface area contributed by atoms with Gasteiger partial charge in [-0.1, -0.05) is 23.7 Å². The zero-order chi connectivity index (χ0) is 20.3. The van der Waals surface area contributed by atoms with Gasteiger partial charge in [-0.05, 0) is 43.7 Å². The number of carbonyl (C=O) groups is 1. The molecule has 0 fully saturated rings. The number of hydrogen-bond donors (Lipinski definition) is 1. The Labute approximate surface area is 166 Å². The first-order valence-corrected chi connectivity index (χ1v) is 9.05. The van der Waals surface area contributed by atoms with E-state index in [1.165, 1.54) is 12.1 Å². The summed E-state index contributed by atoms with van der Waals surface area (Å²) in [4.78, 5) is 26.7. The van der Waals surface area contributed by atoms with Gasteiger partial charge in [-0.3, -0.25) is 10.1 Å². The van der Waals surface area contributed by atoms with Crippen LogP contribution in [0.5, 0.6) is 0 Å². The van der Waals surface area contributed by atoms with Crippen molar-refractivity contribution in [2.45, 2.75) is 19.9 Å². The summed E-state index contributed by atoms with van der Waals surface area (Å²) in [5.74, 6) is -0.409. The molecule has 0 bridgehead atoms. The summed E-state index contributed by atoms with van der Waals surface area (Å²) >= 11 is 6.14. The summed E-state index contributed by atoms with van der Waals surface area (Å²) in [6.07, 6.45) is 0. The van der Waals surface area contributed by atoms with E-state index in [1.807, 2.05) is 6.92 Å². The average Bonchev–Trinajstić information content (AvgIpc) is 2.67. The van der Waals surface area contributed by atoms with E-state index in [9.17, 15) is 14.9 Å². The number of fused-ring (bicyclic) bond motifs is 1. The lowest BCUT2D eigenvalue weighted by Crippen LogP contribution is -2.08. The maximum absolute atomic E-state index is 12.1. The predicted octanol–water partition coefficient (Wildman–Crippen LogP) is 5.15. The molecule has 0 aliphatic heterocycles. The number of aromatic nitrogens is 1. The molecule has 0 spiro atoms. The number of carbonyl (C=O) groups excluding carboxylic acids is 1. The second-order valence-electron chi connectivity index (χ2n) is 6.16. The quantitative estimate of drug-likeness (QED) is 0.266. The lowest BCUT2D eigenvalue weighted by atomic mass is 10.1. The Morgan fingerprint density at radius 1 is 1.25 bits per heavy atom. The Balaban J connectivity index is 1.95. The van der Waals surface area contributed by atoms with E-state index in [1.54, 1.807) is 43.3 Å². The number of hydrogen-bond acceptors (Lipinski definition) is 6. The molecule has 1 N–H and O–H groups in total. The van der Waals surface area contributed by atoms with Gasteiger partial charge in [-0.2, -0.15) is 0 Å². The van der Waals surface area contributed by atoms with Crippen LogP contribution in [0.1, 0.15) is 35.8 Å².